The molecule has 1 aromatic heterocycles. The molecule has 0 aliphatic carbocycles. The Morgan fingerprint density at radius 1 is 1.16 bits per heavy atom. The number of aryl methyl sites for hydroxylation is 1. The monoisotopic (exact) mass is 516 g/mol. The molecule has 2 aliphatic heterocycles. The normalized spacial score (nSPS) is 19.7. The van der Waals surface area contributed by atoms with E-state index in [4.69, 9.17) is 4.42 Å². The van der Waals surface area contributed by atoms with E-state index in [-0.39, 0.29) is 43.1 Å². The zero-order chi connectivity index (χ0) is 27.0. The van der Waals surface area contributed by atoms with Gasteiger partial charge in [-0.25, -0.2) is 4.98 Å². The molecule has 5 rings (SSSR count). The summed E-state index contributed by atoms with van der Waals surface area (Å²) in [6, 6.07) is 13.4. The Morgan fingerprint density at radius 3 is 2.55 bits per heavy atom. The molecule has 9 heteroatoms. The van der Waals surface area contributed by atoms with Gasteiger partial charge >= 0.3 is 0 Å². The van der Waals surface area contributed by atoms with Crippen LogP contribution in [0.5, 0.6) is 0 Å². The van der Waals surface area contributed by atoms with Crippen LogP contribution in [0.15, 0.2) is 59.3 Å². The quantitative estimate of drug-likeness (QED) is 0.499. The third-order valence-corrected chi connectivity index (χ3v) is 7.36. The number of likely N-dealkylation sites (tertiary alicyclic amines) is 1. The lowest BCUT2D eigenvalue weighted by Gasteiger charge is -2.35. The van der Waals surface area contributed by atoms with E-state index < -0.39 is 18.2 Å². The highest BCUT2D eigenvalue weighted by Crippen LogP contribution is 2.30. The fourth-order valence-corrected chi connectivity index (χ4v) is 5.42. The molecule has 0 radical (unpaired) electrons. The number of oxazole rings is 1. The van der Waals surface area contributed by atoms with Crippen molar-refractivity contribution in [3.63, 3.8) is 0 Å². The summed E-state index contributed by atoms with van der Waals surface area (Å²) in [6.07, 6.45) is 0.753. The molecule has 0 bridgehead atoms. The van der Waals surface area contributed by atoms with Crippen molar-refractivity contribution in [1.29, 1.82) is 0 Å². The highest BCUT2D eigenvalue weighted by atomic mass is 16.3. The van der Waals surface area contributed by atoms with E-state index in [1.165, 1.54) is 11.3 Å². The minimum atomic E-state index is -0.810. The van der Waals surface area contributed by atoms with Crippen LogP contribution in [0.2, 0.25) is 0 Å². The van der Waals surface area contributed by atoms with Crippen molar-refractivity contribution in [2.75, 3.05) is 6.54 Å². The summed E-state index contributed by atoms with van der Waals surface area (Å²) < 4.78 is 5.43. The third kappa shape index (κ3) is 4.81. The van der Waals surface area contributed by atoms with Gasteiger partial charge in [0, 0.05) is 37.2 Å². The molecular formula is C29H32N4O5. The lowest BCUT2D eigenvalue weighted by molar-refractivity contribution is -0.143. The zero-order valence-corrected chi connectivity index (χ0v) is 21.8. The summed E-state index contributed by atoms with van der Waals surface area (Å²) in [5.41, 5.74) is 4.07. The van der Waals surface area contributed by atoms with Gasteiger partial charge < -0.3 is 24.6 Å². The molecular weight excluding hydrogens is 484 g/mol. The molecule has 2 aliphatic rings. The van der Waals surface area contributed by atoms with Gasteiger partial charge in [0.25, 0.3) is 5.91 Å². The minimum Gasteiger partial charge on any atom is -0.443 e. The Kier molecular flexibility index (Phi) is 7.03. The Balaban J connectivity index is 1.27. The summed E-state index contributed by atoms with van der Waals surface area (Å²) in [6.45, 7) is 6.34. The number of hydrogen-bond donors (Lipinski definition) is 2. The van der Waals surface area contributed by atoms with Crippen LogP contribution in [0.1, 0.15) is 47.4 Å². The average Bonchev–Trinajstić information content (AvgIpc) is 3.60. The van der Waals surface area contributed by atoms with Crippen molar-refractivity contribution in [2.24, 2.45) is 5.92 Å². The number of aromatic nitrogens is 1. The topological polar surface area (TPSA) is 116 Å². The molecule has 3 amide bonds. The van der Waals surface area contributed by atoms with Crippen LogP contribution in [0.4, 0.5) is 0 Å². The van der Waals surface area contributed by atoms with E-state index >= 15 is 0 Å². The SMILES string of the molecule is Cc1ncoc1-c1ccc(CNC(=O)[C@@H]2C[C@@H](O)CN2C(=O)C(C(C)C)N2Cc3ccccc3C2=O)cc1. The highest BCUT2D eigenvalue weighted by Gasteiger charge is 2.45. The number of carbonyl (C=O) groups excluding carboxylic acids is 3. The fourth-order valence-electron chi connectivity index (χ4n) is 5.42. The smallest absolute Gasteiger partial charge is 0.255 e. The summed E-state index contributed by atoms with van der Waals surface area (Å²) in [5.74, 6) is -0.298. The average molecular weight is 517 g/mol. The number of carbonyl (C=O) groups is 3. The van der Waals surface area contributed by atoms with Gasteiger partial charge in [0.15, 0.2) is 12.2 Å². The van der Waals surface area contributed by atoms with Crippen LogP contribution in [0.25, 0.3) is 11.3 Å². The summed E-state index contributed by atoms with van der Waals surface area (Å²) in [4.78, 5) is 47.3. The van der Waals surface area contributed by atoms with Gasteiger partial charge in [0.2, 0.25) is 11.8 Å². The van der Waals surface area contributed by atoms with Gasteiger partial charge in [-0.1, -0.05) is 56.3 Å². The second kappa shape index (κ2) is 10.4. The van der Waals surface area contributed by atoms with Gasteiger partial charge in [0.1, 0.15) is 12.1 Å². The Hall–Kier alpha value is -3.98. The molecule has 1 fully saturated rings. The van der Waals surface area contributed by atoms with E-state index in [0.717, 1.165) is 22.4 Å². The maximum absolute atomic E-state index is 13.8. The molecule has 2 N–H and O–H groups in total. The van der Waals surface area contributed by atoms with Crippen LogP contribution >= 0.6 is 0 Å². The van der Waals surface area contributed by atoms with Crippen molar-refractivity contribution in [3.05, 3.63) is 77.3 Å². The lowest BCUT2D eigenvalue weighted by atomic mass is 10.0. The molecule has 1 saturated heterocycles. The van der Waals surface area contributed by atoms with Crippen LogP contribution in [-0.2, 0) is 22.7 Å². The van der Waals surface area contributed by atoms with Crippen molar-refractivity contribution < 1.29 is 23.9 Å². The second-order valence-corrected chi connectivity index (χ2v) is 10.4. The van der Waals surface area contributed by atoms with E-state index in [2.05, 4.69) is 10.3 Å². The Labute approximate surface area is 221 Å². The maximum Gasteiger partial charge on any atom is 0.255 e. The van der Waals surface area contributed by atoms with E-state index in [1.807, 2.05) is 63.2 Å². The number of hydrogen-bond acceptors (Lipinski definition) is 6. The van der Waals surface area contributed by atoms with Gasteiger partial charge in [0.05, 0.1) is 11.8 Å². The molecule has 3 heterocycles. The molecule has 0 saturated carbocycles. The molecule has 3 atom stereocenters. The number of rotatable bonds is 7. The van der Waals surface area contributed by atoms with E-state index in [0.29, 0.717) is 17.9 Å². The van der Waals surface area contributed by atoms with Crippen LogP contribution < -0.4 is 5.32 Å². The van der Waals surface area contributed by atoms with Crippen LogP contribution in [-0.4, -0.2) is 62.3 Å². The number of aliphatic hydroxyl groups excluding tert-OH is 1. The first kappa shape index (κ1) is 25.7. The zero-order valence-electron chi connectivity index (χ0n) is 21.8. The highest BCUT2D eigenvalue weighted by molar-refractivity contribution is 6.01. The van der Waals surface area contributed by atoms with Crippen LogP contribution in [0.3, 0.4) is 0 Å². The van der Waals surface area contributed by atoms with E-state index in [9.17, 15) is 19.5 Å². The summed E-state index contributed by atoms with van der Waals surface area (Å²) >= 11 is 0. The number of nitrogens with one attached hydrogen (secondary N) is 1. The Bertz CT molecular complexity index is 1350. The predicted octanol–water partition coefficient (Wildman–Crippen LogP) is 2.91. The molecule has 38 heavy (non-hydrogen) atoms. The first-order valence-corrected chi connectivity index (χ1v) is 12.9. The van der Waals surface area contributed by atoms with Gasteiger partial charge in [-0.15, -0.1) is 0 Å². The molecule has 3 aromatic rings. The molecule has 198 valence electrons. The van der Waals surface area contributed by atoms with Gasteiger partial charge in [-0.2, -0.15) is 0 Å². The number of amides is 3. The lowest BCUT2D eigenvalue weighted by Crippen LogP contribution is -2.55. The number of benzene rings is 2. The molecule has 0 spiro atoms. The number of β-amino-alcohol motifs (C(OH)–C–C–N with tert-alkyl or cyclic N) is 1. The number of fused-ring (bicyclic) bond motifs is 1. The maximum atomic E-state index is 13.8. The van der Waals surface area contributed by atoms with Crippen molar-refractivity contribution in [1.82, 2.24) is 20.1 Å². The van der Waals surface area contributed by atoms with Crippen LogP contribution in [0, 0.1) is 12.8 Å². The largest absolute Gasteiger partial charge is 0.443 e. The molecule has 1 unspecified atom stereocenters. The summed E-state index contributed by atoms with van der Waals surface area (Å²) in [5, 5.41) is 13.3. The summed E-state index contributed by atoms with van der Waals surface area (Å²) in [7, 11) is 0. The molecule has 9 nitrogen and oxygen atoms in total. The van der Waals surface area contributed by atoms with Gasteiger partial charge in [-0.05, 0) is 30.0 Å². The second-order valence-electron chi connectivity index (χ2n) is 10.4. The van der Waals surface area contributed by atoms with E-state index in [1.54, 1.807) is 11.0 Å². The van der Waals surface area contributed by atoms with Gasteiger partial charge in [-0.3, -0.25) is 14.4 Å². The van der Waals surface area contributed by atoms with Crippen molar-refractivity contribution >= 4 is 17.7 Å². The standard InChI is InChI=1S/C29H32N4O5/c1-17(2)25(33-14-21-6-4-5-7-23(21)28(33)36)29(37)32-15-22(34)12-24(32)27(35)30-13-19-8-10-20(11-9-19)26-18(3)31-16-38-26/h4-11,16-17,22,24-25,34H,12-15H2,1-3H3,(H,30,35)/t22-,24+,25?/m1/s1. The Morgan fingerprint density at radius 2 is 1.89 bits per heavy atom. The third-order valence-electron chi connectivity index (χ3n) is 7.36. The number of nitrogens with zero attached hydrogens (tertiary/aromatic N) is 3. The van der Waals surface area contributed by atoms with Crippen molar-refractivity contribution in [2.45, 2.75) is 58.5 Å². The number of aliphatic hydroxyl groups is 1. The predicted molar refractivity (Wildman–Crippen MR) is 140 cm³/mol. The first-order valence-electron chi connectivity index (χ1n) is 12.9. The fraction of sp³-hybridized carbons (Fsp3) is 0.379. The van der Waals surface area contributed by atoms with Crippen molar-refractivity contribution in [3.8, 4) is 11.3 Å². The molecule has 2 aromatic carbocycles. The minimum absolute atomic E-state index is 0.0559. The first-order chi connectivity index (χ1) is 18.2.